The second-order valence-electron chi connectivity index (χ2n) is 3.57. The number of aryl methyl sites for hydroxylation is 1. The van der Waals surface area contributed by atoms with Crippen LogP contribution in [-0.4, -0.2) is 20.4 Å². The van der Waals surface area contributed by atoms with Gasteiger partial charge in [-0.2, -0.15) is 0 Å². The van der Waals surface area contributed by atoms with Crippen molar-refractivity contribution in [1.82, 2.24) is 14.5 Å². The molecule has 0 unspecified atom stereocenters. The van der Waals surface area contributed by atoms with Gasteiger partial charge in [0.2, 0.25) is 0 Å². The summed E-state index contributed by atoms with van der Waals surface area (Å²) < 4.78 is 1.89. The highest BCUT2D eigenvalue weighted by Gasteiger charge is 2.11. The Bertz CT molecular complexity index is 541. The fourth-order valence-electron chi connectivity index (χ4n) is 1.54. The molecule has 5 heteroatoms. The third-order valence-corrected chi connectivity index (χ3v) is 2.55. The molecule has 0 saturated carbocycles. The fourth-order valence-corrected chi connectivity index (χ4v) is 1.54. The second-order valence-corrected chi connectivity index (χ2v) is 3.57. The normalized spacial score (nSPS) is 10.4. The molecule has 0 fully saturated rings. The van der Waals surface area contributed by atoms with Crippen LogP contribution in [0.25, 0.3) is 5.69 Å². The van der Waals surface area contributed by atoms with Crippen molar-refractivity contribution < 1.29 is 0 Å². The average Bonchev–Trinajstić information content (AvgIpc) is 2.60. The van der Waals surface area contributed by atoms with E-state index in [0.717, 1.165) is 17.1 Å². The van der Waals surface area contributed by atoms with Crippen LogP contribution in [0.5, 0.6) is 0 Å². The van der Waals surface area contributed by atoms with Crippen LogP contribution < -0.4 is 5.73 Å². The van der Waals surface area contributed by atoms with Gasteiger partial charge >= 0.3 is 0 Å². The summed E-state index contributed by atoms with van der Waals surface area (Å²) in [6.45, 7) is 3.91. The number of amidine groups is 1. The molecular weight excluding hydrogens is 202 g/mol. The monoisotopic (exact) mass is 215 g/mol. The van der Waals surface area contributed by atoms with Gasteiger partial charge in [0, 0.05) is 11.9 Å². The molecule has 0 radical (unpaired) electrons. The lowest BCUT2D eigenvalue weighted by Crippen LogP contribution is -2.16. The van der Waals surface area contributed by atoms with E-state index >= 15 is 0 Å². The van der Waals surface area contributed by atoms with Gasteiger partial charge in [-0.05, 0) is 26.0 Å². The van der Waals surface area contributed by atoms with E-state index in [9.17, 15) is 0 Å². The van der Waals surface area contributed by atoms with Gasteiger partial charge in [0.25, 0.3) is 0 Å². The molecule has 0 aliphatic carbocycles. The first-order chi connectivity index (χ1) is 7.61. The maximum absolute atomic E-state index is 7.48. The number of rotatable bonds is 2. The largest absolute Gasteiger partial charge is 0.382 e. The Labute approximate surface area is 93.5 Å². The number of hydrogen-bond acceptors (Lipinski definition) is 3. The highest BCUT2D eigenvalue weighted by atomic mass is 15.1. The Morgan fingerprint density at radius 3 is 2.69 bits per heavy atom. The van der Waals surface area contributed by atoms with Gasteiger partial charge in [-0.3, -0.25) is 10.4 Å². The molecule has 82 valence electrons. The maximum Gasteiger partial charge on any atom is 0.143 e. The number of nitrogens with zero attached hydrogens (tertiary/aromatic N) is 3. The van der Waals surface area contributed by atoms with Crippen LogP contribution in [0.3, 0.4) is 0 Å². The summed E-state index contributed by atoms with van der Waals surface area (Å²) in [5.74, 6) is -0.0404. The van der Waals surface area contributed by atoms with E-state index < -0.39 is 0 Å². The van der Waals surface area contributed by atoms with E-state index in [0.29, 0.717) is 5.69 Å². The van der Waals surface area contributed by atoms with Gasteiger partial charge in [-0.25, -0.2) is 4.98 Å². The van der Waals surface area contributed by atoms with Crippen LogP contribution in [0.1, 0.15) is 17.1 Å². The Balaban J connectivity index is 2.64. The summed E-state index contributed by atoms with van der Waals surface area (Å²) in [5, 5.41) is 7.48. The van der Waals surface area contributed by atoms with Crippen molar-refractivity contribution in [1.29, 1.82) is 5.41 Å². The first-order valence-electron chi connectivity index (χ1n) is 4.91. The zero-order chi connectivity index (χ0) is 11.7. The number of pyridine rings is 1. The number of nitrogens with one attached hydrogen (secondary N) is 1. The molecule has 2 aromatic rings. The Morgan fingerprint density at radius 2 is 2.12 bits per heavy atom. The molecule has 0 aliphatic heterocycles. The van der Waals surface area contributed by atoms with Crippen LogP contribution >= 0.6 is 0 Å². The maximum atomic E-state index is 7.48. The van der Waals surface area contributed by atoms with E-state index in [4.69, 9.17) is 11.1 Å². The number of nitrogen functional groups attached to an aromatic ring is 1. The zero-order valence-corrected chi connectivity index (χ0v) is 9.23. The second kappa shape index (κ2) is 3.77. The average molecular weight is 215 g/mol. The predicted molar refractivity (Wildman–Crippen MR) is 61.8 cm³/mol. The van der Waals surface area contributed by atoms with E-state index in [2.05, 4.69) is 9.97 Å². The molecule has 0 saturated heterocycles. The smallest absolute Gasteiger partial charge is 0.143 e. The lowest BCUT2D eigenvalue weighted by molar-refractivity contribution is 0.980. The lowest BCUT2D eigenvalue weighted by Gasteiger charge is -2.09. The highest BCUT2D eigenvalue weighted by Crippen LogP contribution is 2.15. The molecule has 2 aromatic heterocycles. The fraction of sp³-hybridized carbons (Fsp3) is 0.182. The molecule has 0 spiro atoms. The van der Waals surface area contributed by atoms with Crippen LogP contribution in [0.15, 0.2) is 24.7 Å². The van der Waals surface area contributed by atoms with E-state index in [1.165, 1.54) is 0 Å². The summed E-state index contributed by atoms with van der Waals surface area (Å²) in [6.07, 6.45) is 3.34. The SMILES string of the molecule is Cc1ncn(-c2cccnc2C(=N)N)c1C. The van der Waals surface area contributed by atoms with Gasteiger partial charge in [-0.15, -0.1) is 0 Å². The van der Waals surface area contributed by atoms with Crippen LogP contribution in [0, 0.1) is 19.3 Å². The minimum absolute atomic E-state index is 0.0404. The van der Waals surface area contributed by atoms with Crippen LogP contribution in [-0.2, 0) is 0 Å². The van der Waals surface area contributed by atoms with Crippen molar-refractivity contribution in [2.45, 2.75) is 13.8 Å². The molecular formula is C11H13N5. The van der Waals surface area contributed by atoms with Crippen molar-refractivity contribution in [3.05, 3.63) is 41.7 Å². The molecule has 0 atom stereocenters. The summed E-state index contributed by atoms with van der Waals surface area (Å²) in [4.78, 5) is 8.32. The van der Waals surface area contributed by atoms with Gasteiger partial charge < -0.3 is 10.3 Å². The quantitative estimate of drug-likeness (QED) is 0.582. The molecule has 5 nitrogen and oxygen atoms in total. The predicted octanol–water partition coefficient (Wildman–Crippen LogP) is 1.17. The minimum atomic E-state index is -0.0404. The van der Waals surface area contributed by atoms with E-state index in [1.54, 1.807) is 12.5 Å². The van der Waals surface area contributed by atoms with Crippen LogP contribution in [0.2, 0.25) is 0 Å². The van der Waals surface area contributed by atoms with Crippen molar-refractivity contribution in [3.8, 4) is 5.69 Å². The molecule has 2 rings (SSSR count). The first kappa shape index (κ1) is 10.4. The van der Waals surface area contributed by atoms with Gasteiger partial charge in [0.1, 0.15) is 11.5 Å². The summed E-state index contributed by atoms with van der Waals surface area (Å²) in [5.41, 5.74) is 8.74. The van der Waals surface area contributed by atoms with Crippen molar-refractivity contribution in [3.63, 3.8) is 0 Å². The Hall–Kier alpha value is -2.17. The summed E-state index contributed by atoms with van der Waals surface area (Å²) in [7, 11) is 0. The number of nitrogens with two attached hydrogens (primary N) is 1. The Kier molecular flexibility index (Phi) is 2.44. The molecule has 2 heterocycles. The van der Waals surface area contributed by atoms with Crippen molar-refractivity contribution in [2.24, 2.45) is 5.73 Å². The van der Waals surface area contributed by atoms with Gasteiger partial charge in [0.05, 0.1) is 17.7 Å². The molecule has 0 bridgehead atoms. The summed E-state index contributed by atoms with van der Waals surface area (Å²) >= 11 is 0. The molecule has 3 N–H and O–H groups in total. The van der Waals surface area contributed by atoms with E-state index in [-0.39, 0.29) is 5.84 Å². The van der Waals surface area contributed by atoms with Crippen molar-refractivity contribution >= 4 is 5.84 Å². The zero-order valence-electron chi connectivity index (χ0n) is 9.23. The topological polar surface area (TPSA) is 80.6 Å². The Morgan fingerprint density at radius 1 is 1.38 bits per heavy atom. The molecule has 0 aliphatic rings. The third kappa shape index (κ3) is 1.56. The molecule has 0 amide bonds. The van der Waals surface area contributed by atoms with Gasteiger partial charge in [0.15, 0.2) is 0 Å². The van der Waals surface area contributed by atoms with Crippen molar-refractivity contribution in [2.75, 3.05) is 0 Å². The van der Waals surface area contributed by atoms with Crippen LogP contribution in [0.4, 0.5) is 0 Å². The number of hydrogen-bond donors (Lipinski definition) is 2. The first-order valence-corrected chi connectivity index (χ1v) is 4.91. The number of imidazole rings is 1. The van der Waals surface area contributed by atoms with Gasteiger partial charge in [-0.1, -0.05) is 0 Å². The third-order valence-electron chi connectivity index (χ3n) is 2.55. The highest BCUT2D eigenvalue weighted by molar-refractivity contribution is 5.96. The standard InChI is InChI=1S/C11H13N5/c1-7-8(2)16(6-15-7)9-4-3-5-14-10(9)11(12)13/h3-6H,1-2H3,(H3,12,13). The lowest BCUT2D eigenvalue weighted by atomic mass is 10.2. The summed E-state index contributed by atoms with van der Waals surface area (Å²) in [6, 6.07) is 3.69. The number of aromatic nitrogens is 3. The molecule has 16 heavy (non-hydrogen) atoms. The molecule has 0 aromatic carbocycles. The minimum Gasteiger partial charge on any atom is -0.382 e. The van der Waals surface area contributed by atoms with E-state index in [1.807, 2.05) is 30.5 Å².